The quantitative estimate of drug-likeness (QED) is 0.723. The zero-order chi connectivity index (χ0) is 13.7. The number of nitrogens with two attached hydrogens (primary N) is 1. The van der Waals surface area contributed by atoms with E-state index in [0.717, 1.165) is 37.7 Å². The standard InChI is InChI=1S/C15H22N2O2/c16-14(11-7-3-1-4-8-11)15(19)17-12-9-5-2-6-10-13(12)18/h1,3-4,7-8,12-14,18H,2,5-6,9-10,16H2,(H,17,19)/t12?,13?,14-/m1/s1. The molecule has 0 saturated heterocycles. The average molecular weight is 262 g/mol. The predicted molar refractivity (Wildman–Crippen MR) is 74.4 cm³/mol. The molecule has 0 bridgehead atoms. The second kappa shape index (κ2) is 6.68. The van der Waals surface area contributed by atoms with Crippen LogP contribution in [0.2, 0.25) is 0 Å². The van der Waals surface area contributed by atoms with Crippen LogP contribution in [0.1, 0.15) is 43.7 Å². The lowest BCUT2D eigenvalue weighted by atomic mass is 10.0. The van der Waals surface area contributed by atoms with Crippen molar-refractivity contribution in [1.82, 2.24) is 5.32 Å². The van der Waals surface area contributed by atoms with E-state index in [1.165, 1.54) is 0 Å². The number of nitrogens with one attached hydrogen (secondary N) is 1. The lowest BCUT2D eigenvalue weighted by Gasteiger charge is -2.23. The summed E-state index contributed by atoms with van der Waals surface area (Å²) in [5, 5.41) is 12.9. The van der Waals surface area contributed by atoms with Gasteiger partial charge in [-0.1, -0.05) is 49.6 Å². The molecule has 1 saturated carbocycles. The van der Waals surface area contributed by atoms with Gasteiger partial charge in [-0.15, -0.1) is 0 Å². The molecule has 1 aliphatic carbocycles. The van der Waals surface area contributed by atoms with Gasteiger partial charge in [0.05, 0.1) is 12.1 Å². The van der Waals surface area contributed by atoms with Crippen LogP contribution in [0.4, 0.5) is 0 Å². The molecule has 1 aromatic rings. The number of hydrogen-bond donors (Lipinski definition) is 3. The zero-order valence-electron chi connectivity index (χ0n) is 11.1. The molecule has 4 nitrogen and oxygen atoms in total. The summed E-state index contributed by atoms with van der Waals surface area (Å²) >= 11 is 0. The van der Waals surface area contributed by atoms with Gasteiger partial charge in [0.1, 0.15) is 6.04 Å². The summed E-state index contributed by atoms with van der Waals surface area (Å²) in [5.41, 5.74) is 6.74. The summed E-state index contributed by atoms with van der Waals surface area (Å²) in [6.45, 7) is 0. The Balaban J connectivity index is 1.96. The number of rotatable bonds is 3. The SMILES string of the molecule is N[C@@H](C(=O)NC1CCCCCC1O)c1ccccc1. The number of carbonyl (C=O) groups excluding carboxylic acids is 1. The molecule has 4 N–H and O–H groups in total. The van der Waals surface area contributed by atoms with Crippen molar-refractivity contribution in [1.29, 1.82) is 0 Å². The fourth-order valence-electron chi connectivity index (χ4n) is 2.54. The number of benzene rings is 1. The van der Waals surface area contributed by atoms with Gasteiger partial charge in [0.25, 0.3) is 0 Å². The first-order valence-electron chi connectivity index (χ1n) is 6.97. The van der Waals surface area contributed by atoms with Gasteiger partial charge >= 0.3 is 0 Å². The molecule has 1 aromatic carbocycles. The van der Waals surface area contributed by atoms with Gasteiger partial charge in [0.15, 0.2) is 0 Å². The summed E-state index contributed by atoms with van der Waals surface area (Å²) in [5.74, 6) is -0.211. The van der Waals surface area contributed by atoms with Crippen LogP contribution in [0, 0.1) is 0 Å². The van der Waals surface area contributed by atoms with Crippen LogP contribution in [0.5, 0.6) is 0 Å². The molecule has 0 aromatic heterocycles. The molecule has 0 aliphatic heterocycles. The molecule has 4 heteroatoms. The molecular formula is C15H22N2O2. The second-order valence-electron chi connectivity index (χ2n) is 5.21. The van der Waals surface area contributed by atoms with Gasteiger partial charge in [0.2, 0.25) is 5.91 Å². The Morgan fingerprint density at radius 3 is 2.63 bits per heavy atom. The first-order chi connectivity index (χ1) is 9.18. The topological polar surface area (TPSA) is 75.4 Å². The van der Waals surface area contributed by atoms with E-state index in [0.29, 0.717) is 0 Å². The van der Waals surface area contributed by atoms with Crippen LogP contribution < -0.4 is 11.1 Å². The lowest BCUT2D eigenvalue weighted by Crippen LogP contribution is -2.46. The summed E-state index contributed by atoms with van der Waals surface area (Å²) in [4.78, 5) is 12.1. The highest BCUT2D eigenvalue weighted by Gasteiger charge is 2.25. The highest BCUT2D eigenvalue weighted by Crippen LogP contribution is 2.19. The maximum Gasteiger partial charge on any atom is 0.241 e. The number of aliphatic hydroxyl groups excluding tert-OH is 1. The largest absolute Gasteiger partial charge is 0.391 e. The average Bonchev–Trinajstić information content (AvgIpc) is 2.64. The molecule has 2 unspecified atom stereocenters. The van der Waals surface area contributed by atoms with E-state index in [4.69, 9.17) is 5.73 Å². The summed E-state index contributed by atoms with van der Waals surface area (Å²) in [6, 6.07) is 8.47. The molecule has 0 heterocycles. The Morgan fingerprint density at radius 2 is 1.89 bits per heavy atom. The van der Waals surface area contributed by atoms with Crippen LogP contribution >= 0.6 is 0 Å². The molecule has 2 rings (SSSR count). The fourth-order valence-corrected chi connectivity index (χ4v) is 2.54. The number of amides is 1. The van der Waals surface area contributed by atoms with Crippen molar-refractivity contribution in [2.45, 2.75) is 50.3 Å². The van der Waals surface area contributed by atoms with Gasteiger partial charge in [0, 0.05) is 0 Å². The molecule has 0 spiro atoms. The monoisotopic (exact) mass is 262 g/mol. The van der Waals surface area contributed by atoms with E-state index < -0.39 is 12.1 Å². The molecular weight excluding hydrogens is 240 g/mol. The van der Waals surface area contributed by atoms with Crippen LogP contribution in [-0.4, -0.2) is 23.2 Å². The van der Waals surface area contributed by atoms with Crippen molar-refractivity contribution in [3.05, 3.63) is 35.9 Å². The third kappa shape index (κ3) is 3.78. The highest BCUT2D eigenvalue weighted by atomic mass is 16.3. The minimum absolute atomic E-state index is 0.162. The van der Waals surface area contributed by atoms with E-state index in [9.17, 15) is 9.90 Å². The first-order valence-corrected chi connectivity index (χ1v) is 6.97. The highest BCUT2D eigenvalue weighted by molar-refractivity contribution is 5.83. The van der Waals surface area contributed by atoms with Gasteiger partial charge < -0.3 is 16.2 Å². The predicted octanol–water partition coefficient (Wildman–Crippen LogP) is 1.50. The van der Waals surface area contributed by atoms with Crippen molar-refractivity contribution in [2.75, 3.05) is 0 Å². The molecule has 19 heavy (non-hydrogen) atoms. The number of carbonyl (C=O) groups is 1. The Hall–Kier alpha value is -1.39. The molecule has 1 aliphatic rings. The van der Waals surface area contributed by atoms with Crippen molar-refractivity contribution in [3.8, 4) is 0 Å². The van der Waals surface area contributed by atoms with Crippen LogP contribution in [-0.2, 0) is 4.79 Å². The third-order valence-electron chi connectivity index (χ3n) is 3.75. The third-order valence-corrected chi connectivity index (χ3v) is 3.75. The molecule has 0 radical (unpaired) electrons. The van der Waals surface area contributed by atoms with E-state index in [1.54, 1.807) is 0 Å². The van der Waals surface area contributed by atoms with Gasteiger partial charge in [-0.25, -0.2) is 0 Å². The number of aliphatic hydroxyl groups is 1. The van der Waals surface area contributed by atoms with Crippen molar-refractivity contribution < 1.29 is 9.90 Å². The Kier molecular flexibility index (Phi) is 4.93. The van der Waals surface area contributed by atoms with Gasteiger partial charge in [-0.2, -0.15) is 0 Å². The van der Waals surface area contributed by atoms with Crippen LogP contribution in [0.3, 0.4) is 0 Å². The lowest BCUT2D eigenvalue weighted by molar-refractivity contribution is -0.124. The molecule has 3 atom stereocenters. The van der Waals surface area contributed by atoms with Crippen molar-refractivity contribution in [2.24, 2.45) is 5.73 Å². The maximum atomic E-state index is 12.1. The number of hydrogen-bond acceptors (Lipinski definition) is 3. The maximum absolute atomic E-state index is 12.1. The smallest absolute Gasteiger partial charge is 0.241 e. The van der Waals surface area contributed by atoms with E-state index in [1.807, 2.05) is 30.3 Å². The van der Waals surface area contributed by atoms with Crippen molar-refractivity contribution in [3.63, 3.8) is 0 Å². The minimum Gasteiger partial charge on any atom is -0.391 e. The van der Waals surface area contributed by atoms with Crippen LogP contribution in [0.15, 0.2) is 30.3 Å². The zero-order valence-corrected chi connectivity index (χ0v) is 11.1. The van der Waals surface area contributed by atoms with E-state index >= 15 is 0 Å². The Morgan fingerprint density at radius 1 is 1.21 bits per heavy atom. The fraction of sp³-hybridized carbons (Fsp3) is 0.533. The summed E-state index contributed by atoms with van der Waals surface area (Å²) in [6.07, 6.45) is 4.32. The van der Waals surface area contributed by atoms with Crippen molar-refractivity contribution >= 4 is 5.91 Å². The van der Waals surface area contributed by atoms with E-state index in [2.05, 4.69) is 5.32 Å². The normalized spacial score (nSPS) is 25.4. The molecule has 1 amide bonds. The summed E-state index contributed by atoms with van der Waals surface area (Å²) < 4.78 is 0. The Labute approximate surface area is 114 Å². The minimum atomic E-state index is -0.670. The molecule has 104 valence electrons. The molecule has 1 fully saturated rings. The van der Waals surface area contributed by atoms with Crippen LogP contribution in [0.25, 0.3) is 0 Å². The summed E-state index contributed by atoms with van der Waals surface area (Å²) in [7, 11) is 0. The second-order valence-corrected chi connectivity index (χ2v) is 5.21. The van der Waals surface area contributed by atoms with Gasteiger partial charge in [-0.3, -0.25) is 4.79 Å². The van der Waals surface area contributed by atoms with Gasteiger partial charge in [-0.05, 0) is 18.4 Å². The Bertz CT molecular complexity index is 408. The first kappa shape index (κ1) is 14.0. The van der Waals surface area contributed by atoms with E-state index in [-0.39, 0.29) is 11.9 Å².